The van der Waals surface area contributed by atoms with Crippen molar-refractivity contribution in [1.82, 2.24) is 5.32 Å². The van der Waals surface area contributed by atoms with Crippen LogP contribution in [0.3, 0.4) is 0 Å². The molecule has 0 saturated heterocycles. The second kappa shape index (κ2) is 13.5. The van der Waals surface area contributed by atoms with E-state index < -0.39 is 5.97 Å². The number of benzene rings is 3. The minimum Gasteiger partial charge on any atom is -0.481 e. The van der Waals surface area contributed by atoms with E-state index in [4.69, 9.17) is 28.3 Å². The Kier molecular flexibility index (Phi) is 9.85. The highest BCUT2D eigenvalue weighted by molar-refractivity contribution is 6.42. The van der Waals surface area contributed by atoms with Gasteiger partial charge in [-0.25, -0.2) is 0 Å². The minimum absolute atomic E-state index is 0.00414. The first-order valence-corrected chi connectivity index (χ1v) is 13.8. The second-order valence-electron chi connectivity index (χ2n) is 9.67. The van der Waals surface area contributed by atoms with Gasteiger partial charge in [-0.1, -0.05) is 78.3 Å². The smallest absolute Gasteiger partial charge is 0.305 e. The standard InChI is InChI=1S/C32H32Cl2N2O3/c1-22(35-18-17-32(38)39)25-12-14-28(15-13-25)36(31(37)20-24-9-16-29(33)30(34)19-24)21-23-7-10-27(11-8-23)26-5-3-2-4-6-26/h5,7-16,19,35H,1-4,6,17-18,20-21H2,(H,38,39). The Labute approximate surface area is 239 Å². The highest BCUT2D eigenvalue weighted by Crippen LogP contribution is 2.28. The number of hydrogen-bond donors (Lipinski definition) is 2. The molecule has 0 heterocycles. The molecule has 39 heavy (non-hydrogen) atoms. The van der Waals surface area contributed by atoms with E-state index in [9.17, 15) is 9.59 Å². The molecule has 0 radical (unpaired) electrons. The Morgan fingerprint density at radius 2 is 1.64 bits per heavy atom. The highest BCUT2D eigenvalue weighted by Gasteiger charge is 2.18. The van der Waals surface area contributed by atoms with E-state index >= 15 is 0 Å². The monoisotopic (exact) mass is 562 g/mol. The van der Waals surface area contributed by atoms with Crippen molar-refractivity contribution < 1.29 is 14.7 Å². The van der Waals surface area contributed by atoms with Crippen LogP contribution in [0.25, 0.3) is 11.3 Å². The topological polar surface area (TPSA) is 69.6 Å². The maximum absolute atomic E-state index is 13.6. The number of anilines is 1. The lowest BCUT2D eigenvalue weighted by atomic mass is 9.93. The predicted octanol–water partition coefficient (Wildman–Crippen LogP) is 7.76. The lowest BCUT2D eigenvalue weighted by Crippen LogP contribution is -2.31. The van der Waals surface area contributed by atoms with Crippen LogP contribution < -0.4 is 10.2 Å². The van der Waals surface area contributed by atoms with Gasteiger partial charge in [-0.3, -0.25) is 9.59 Å². The van der Waals surface area contributed by atoms with Gasteiger partial charge < -0.3 is 15.3 Å². The summed E-state index contributed by atoms with van der Waals surface area (Å²) in [5.41, 5.74) is 6.66. The van der Waals surface area contributed by atoms with Crippen LogP contribution in [-0.2, 0) is 22.6 Å². The Balaban J connectivity index is 1.54. The molecule has 5 nitrogen and oxygen atoms in total. The molecule has 0 aromatic heterocycles. The first-order valence-electron chi connectivity index (χ1n) is 13.1. The SMILES string of the molecule is C=C(NCCC(=O)O)c1ccc(N(Cc2ccc(C3=CCCCC3)cc2)C(=O)Cc2ccc(Cl)c(Cl)c2)cc1. The number of carbonyl (C=O) groups is 2. The number of allylic oxidation sites excluding steroid dienone is 2. The average Bonchev–Trinajstić information content (AvgIpc) is 2.94. The number of rotatable bonds is 11. The van der Waals surface area contributed by atoms with Crippen molar-refractivity contribution in [1.29, 1.82) is 0 Å². The molecular weight excluding hydrogens is 531 g/mol. The zero-order valence-electron chi connectivity index (χ0n) is 21.8. The second-order valence-corrected chi connectivity index (χ2v) is 10.5. The van der Waals surface area contributed by atoms with Crippen molar-refractivity contribution in [2.24, 2.45) is 0 Å². The molecule has 4 rings (SSSR count). The zero-order chi connectivity index (χ0) is 27.8. The van der Waals surface area contributed by atoms with Gasteiger partial charge in [0.2, 0.25) is 5.91 Å². The van der Waals surface area contributed by atoms with Crippen LogP contribution in [0.5, 0.6) is 0 Å². The number of carboxylic acid groups (broad SMARTS) is 1. The third-order valence-corrected chi connectivity index (χ3v) is 7.54. The fourth-order valence-electron chi connectivity index (χ4n) is 4.62. The van der Waals surface area contributed by atoms with Crippen LogP contribution >= 0.6 is 23.2 Å². The van der Waals surface area contributed by atoms with E-state index in [1.807, 2.05) is 30.3 Å². The summed E-state index contributed by atoms with van der Waals surface area (Å²) in [4.78, 5) is 26.2. The molecule has 1 aliphatic rings. The van der Waals surface area contributed by atoms with E-state index in [2.05, 4.69) is 42.2 Å². The summed E-state index contributed by atoms with van der Waals surface area (Å²) in [6, 6.07) is 21.2. The summed E-state index contributed by atoms with van der Waals surface area (Å²) in [7, 11) is 0. The molecule has 2 N–H and O–H groups in total. The zero-order valence-corrected chi connectivity index (χ0v) is 23.3. The minimum atomic E-state index is -0.870. The van der Waals surface area contributed by atoms with Gasteiger partial charge in [0.25, 0.3) is 0 Å². The summed E-state index contributed by atoms with van der Waals surface area (Å²) < 4.78 is 0. The molecule has 7 heteroatoms. The van der Waals surface area contributed by atoms with Crippen molar-refractivity contribution in [2.45, 2.75) is 45.1 Å². The summed E-state index contributed by atoms with van der Waals surface area (Å²) in [6.45, 7) is 4.71. The van der Waals surface area contributed by atoms with Gasteiger partial charge in [0.05, 0.1) is 29.4 Å². The van der Waals surface area contributed by atoms with Gasteiger partial charge in [0.1, 0.15) is 0 Å². The van der Waals surface area contributed by atoms with Crippen molar-refractivity contribution in [3.63, 3.8) is 0 Å². The Bertz CT molecular complexity index is 1370. The quantitative estimate of drug-likeness (QED) is 0.250. The molecule has 1 aliphatic carbocycles. The number of carbonyl (C=O) groups excluding carboxylic acids is 1. The Morgan fingerprint density at radius 3 is 2.28 bits per heavy atom. The third-order valence-electron chi connectivity index (χ3n) is 6.80. The van der Waals surface area contributed by atoms with E-state index in [0.29, 0.717) is 22.3 Å². The van der Waals surface area contributed by atoms with Crippen LogP contribution in [-0.4, -0.2) is 23.5 Å². The fourth-order valence-corrected chi connectivity index (χ4v) is 4.94. The van der Waals surface area contributed by atoms with E-state index in [1.165, 1.54) is 24.0 Å². The van der Waals surface area contributed by atoms with Crippen LogP contribution in [0.1, 0.15) is 54.4 Å². The first kappa shape index (κ1) is 28.5. The normalized spacial score (nSPS) is 12.9. The van der Waals surface area contributed by atoms with Gasteiger partial charge in [-0.2, -0.15) is 0 Å². The number of halogens is 2. The van der Waals surface area contributed by atoms with E-state index in [1.54, 1.807) is 17.0 Å². The maximum atomic E-state index is 13.6. The van der Waals surface area contributed by atoms with Crippen LogP contribution in [0.15, 0.2) is 79.4 Å². The first-order chi connectivity index (χ1) is 18.8. The van der Waals surface area contributed by atoms with Crippen molar-refractivity contribution in [3.8, 4) is 0 Å². The fraction of sp³-hybridized carbons (Fsp3) is 0.250. The number of nitrogens with one attached hydrogen (secondary N) is 1. The third kappa shape index (κ3) is 7.98. The number of nitrogens with zero attached hydrogens (tertiary/aromatic N) is 1. The Hall–Kier alpha value is -3.54. The van der Waals surface area contributed by atoms with Crippen molar-refractivity contribution >= 4 is 52.0 Å². The molecular formula is C32H32Cl2N2O3. The van der Waals surface area contributed by atoms with Crippen molar-refractivity contribution in [3.05, 3.63) is 112 Å². The summed E-state index contributed by atoms with van der Waals surface area (Å²) in [5, 5.41) is 12.8. The molecule has 0 fully saturated rings. The van der Waals surface area contributed by atoms with E-state index in [0.717, 1.165) is 35.2 Å². The molecule has 3 aromatic rings. The number of aliphatic carboxylic acids is 1. The Morgan fingerprint density at radius 1 is 0.923 bits per heavy atom. The molecule has 1 amide bonds. The van der Waals surface area contributed by atoms with Gasteiger partial charge >= 0.3 is 5.97 Å². The number of hydrogen-bond acceptors (Lipinski definition) is 3. The molecule has 0 atom stereocenters. The summed E-state index contributed by atoms with van der Waals surface area (Å²) in [6.07, 6.45) is 7.22. The molecule has 0 spiro atoms. The molecule has 0 bridgehead atoms. The predicted molar refractivity (Wildman–Crippen MR) is 160 cm³/mol. The van der Waals surface area contributed by atoms with Crippen LogP contribution in [0, 0.1) is 0 Å². The highest BCUT2D eigenvalue weighted by atomic mass is 35.5. The average molecular weight is 564 g/mol. The van der Waals surface area contributed by atoms with E-state index in [-0.39, 0.29) is 25.3 Å². The van der Waals surface area contributed by atoms with Crippen LogP contribution in [0.2, 0.25) is 10.0 Å². The molecule has 0 aliphatic heterocycles. The molecule has 0 saturated carbocycles. The molecule has 3 aromatic carbocycles. The summed E-state index contributed by atoms with van der Waals surface area (Å²) in [5.74, 6) is -0.941. The van der Waals surface area contributed by atoms with Gasteiger partial charge in [-0.15, -0.1) is 0 Å². The maximum Gasteiger partial charge on any atom is 0.305 e. The number of carboxylic acids is 1. The van der Waals surface area contributed by atoms with Gasteiger partial charge in [-0.05, 0) is 77.8 Å². The molecule has 202 valence electrons. The van der Waals surface area contributed by atoms with Gasteiger partial charge in [0.15, 0.2) is 0 Å². The number of amides is 1. The molecule has 0 unspecified atom stereocenters. The van der Waals surface area contributed by atoms with Crippen molar-refractivity contribution in [2.75, 3.05) is 11.4 Å². The van der Waals surface area contributed by atoms with Gasteiger partial charge in [0, 0.05) is 17.9 Å². The summed E-state index contributed by atoms with van der Waals surface area (Å²) >= 11 is 12.3. The lowest BCUT2D eigenvalue weighted by Gasteiger charge is -2.24. The van der Waals surface area contributed by atoms with Crippen LogP contribution in [0.4, 0.5) is 5.69 Å². The lowest BCUT2D eigenvalue weighted by molar-refractivity contribution is -0.136. The largest absolute Gasteiger partial charge is 0.481 e.